The summed E-state index contributed by atoms with van der Waals surface area (Å²) in [6, 6.07) is 151. The summed E-state index contributed by atoms with van der Waals surface area (Å²) in [6.07, 6.45) is 0. The van der Waals surface area contributed by atoms with Crippen LogP contribution in [0.1, 0.15) is 16.7 Å². The predicted molar refractivity (Wildman–Crippen MR) is 554 cm³/mol. The van der Waals surface area contributed by atoms with Gasteiger partial charge in [-0.25, -0.2) is 0 Å². The SMILES string of the molecule is Cc1cccc(-n2c3ccccc3c3c4c5ccccc5n(-c5ccc6c(c5)oc5ccccc56)c4c4ccccc4c32)c1.Cc1cccc(-n2c3ccccc3c3c4c5ccccc5n(-c5ccc6oc7ccccc7c6c5)c4c4ccccc4c32)c1.Cc1cccc(-n2c3ccccc3c3c4c5ccccc5n(-c5cccc6c5oc5ccccc56)c4c4ccccc4c32)c1. The Bertz CT molecular complexity index is 10200. The number of furan rings is 3. The van der Waals surface area contributed by atoms with E-state index in [0.717, 1.165) is 82.9 Å². The van der Waals surface area contributed by atoms with Gasteiger partial charge in [-0.1, -0.05) is 285 Å². The van der Waals surface area contributed by atoms with E-state index in [1.165, 1.54) is 197 Å². The molecule has 0 radical (unpaired) electrons. The molecule has 132 heavy (non-hydrogen) atoms. The summed E-state index contributed by atoms with van der Waals surface area (Å²) in [6.45, 7) is 6.50. The Kier molecular flexibility index (Phi) is 15.8. The average Bonchev–Trinajstić information content (AvgIpc) is 1.53. The number of fused-ring (bicyclic) bond motifs is 39. The normalized spacial score (nSPS) is 12.2. The zero-order chi connectivity index (χ0) is 86.8. The first-order valence-corrected chi connectivity index (χ1v) is 45.4. The summed E-state index contributed by atoms with van der Waals surface area (Å²) in [5.74, 6) is 0. The van der Waals surface area contributed by atoms with Crippen molar-refractivity contribution in [1.82, 2.24) is 27.4 Å². The van der Waals surface area contributed by atoms with Crippen LogP contribution in [-0.4, -0.2) is 27.4 Å². The van der Waals surface area contributed by atoms with Crippen molar-refractivity contribution >= 4 is 229 Å². The van der Waals surface area contributed by atoms with E-state index in [9.17, 15) is 0 Å². The molecule has 0 unspecified atom stereocenters. The minimum Gasteiger partial charge on any atom is -0.456 e. The first-order chi connectivity index (χ1) is 65.3. The van der Waals surface area contributed by atoms with Crippen LogP contribution in [0.5, 0.6) is 0 Å². The van der Waals surface area contributed by atoms with E-state index in [0.29, 0.717) is 0 Å². The Morgan fingerprint density at radius 1 is 0.152 bits per heavy atom. The lowest BCUT2D eigenvalue weighted by molar-refractivity contribution is 0.666. The second-order valence-electron chi connectivity index (χ2n) is 35.4. The fourth-order valence-electron chi connectivity index (χ4n) is 22.7. The molecular weight excluding hydrogens is 1610 g/mol. The van der Waals surface area contributed by atoms with Crippen LogP contribution in [0.3, 0.4) is 0 Å². The second kappa shape index (κ2) is 28.3. The Balaban J connectivity index is 0.0000000991. The number of aryl methyl sites for hydroxylation is 3. The lowest BCUT2D eigenvalue weighted by Crippen LogP contribution is -1.97. The molecule has 0 bridgehead atoms. The molecule has 30 aromatic rings. The van der Waals surface area contributed by atoms with Gasteiger partial charge < -0.3 is 40.7 Å². The Morgan fingerprint density at radius 3 is 0.758 bits per heavy atom. The minimum atomic E-state index is 0.899. The second-order valence-corrected chi connectivity index (χ2v) is 35.4. The van der Waals surface area contributed by atoms with Gasteiger partial charge in [0.05, 0.1) is 71.9 Å². The van der Waals surface area contributed by atoms with Gasteiger partial charge in [-0.15, -0.1) is 0 Å². The molecule has 9 aromatic heterocycles. The molecule has 0 saturated heterocycles. The number of hydrogen-bond donors (Lipinski definition) is 0. The fraction of sp³-hybridized carbons (Fsp3) is 0.0244. The molecule has 9 heterocycles. The Labute approximate surface area is 754 Å². The van der Waals surface area contributed by atoms with Crippen LogP contribution < -0.4 is 0 Å². The molecule has 0 amide bonds. The van der Waals surface area contributed by atoms with E-state index in [2.05, 4.69) is 436 Å². The average molecular weight is 1690 g/mol. The molecule has 0 aliphatic rings. The van der Waals surface area contributed by atoms with Crippen LogP contribution in [0.4, 0.5) is 0 Å². The molecule has 0 spiro atoms. The van der Waals surface area contributed by atoms with Crippen molar-refractivity contribution in [2.45, 2.75) is 20.8 Å². The molecule has 0 fully saturated rings. The van der Waals surface area contributed by atoms with E-state index in [1.54, 1.807) is 0 Å². The van der Waals surface area contributed by atoms with Crippen LogP contribution in [-0.2, 0) is 0 Å². The zero-order valence-corrected chi connectivity index (χ0v) is 72.2. The van der Waals surface area contributed by atoms with Gasteiger partial charge in [0.15, 0.2) is 5.58 Å². The minimum absolute atomic E-state index is 0.899. The van der Waals surface area contributed by atoms with Gasteiger partial charge in [0.25, 0.3) is 0 Å². The molecule has 0 aliphatic carbocycles. The van der Waals surface area contributed by atoms with Gasteiger partial charge in [0.2, 0.25) is 0 Å². The van der Waals surface area contributed by atoms with Crippen LogP contribution in [0.25, 0.3) is 263 Å². The molecule has 618 valence electrons. The summed E-state index contributed by atoms with van der Waals surface area (Å²) < 4.78 is 34.0. The van der Waals surface area contributed by atoms with Crippen LogP contribution in [0.15, 0.2) is 432 Å². The van der Waals surface area contributed by atoms with Crippen molar-refractivity contribution in [1.29, 1.82) is 0 Å². The number of nitrogens with zero attached hydrogens (tertiary/aromatic N) is 6. The summed E-state index contributed by atoms with van der Waals surface area (Å²) in [7, 11) is 0. The highest BCUT2D eigenvalue weighted by molar-refractivity contribution is 6.41. The molecule has 0 N–H and O–H groups in total. The number of hydrogen-bond acceptors (Lipinski definition) is 3. The third-order valence-corrected chi connectivity index (χ3v) is 28.0. The van der Waals surface area contributed by atoms with Crippen molar-refractivity contribution in [3.05, 3.63) is 435 Å². The van der Waals surface area contributed by atoms with E-state index in [-0.39, 0.29) is 0 Å². The van der Waals surface area contributed by atoms with Crippen molar-refractivity contribution < 1.29 is 13.3 Å². The molecular formula is C123H78N6O3. The highest BCUT2D eigenvalue weighted by atomic mass is 16.3. The van der Waals surface area contributed by atoms with E-state index >= 15 is 0 Å². The van der Waals surface area contributed by atoms with E-state index in [4.69, 9.17) is 13.3 Å². The molecule has 21 aromatic carbocycles. The standard InChI is InChI=1S/3C41H26N2O/c1-25-12-10-13-26(24-25)42-33-20-7-4-17-31(33)37-38-32-18-5-8-21-34(32)43(40(38)29-16-3-2-15-28(29)39(37)42)35-22-11-19-30-27-14-6-9-23-36(27)44-41(30)35;1-25-11-10-12-26(23-25)42-34-18-7-4-16-32(34)38-39-33-17-5-8-19-35(33)43(41(39)31-15-3-2-14-30(31)40(38)42)27-21-22-29-28-13-6-9-20-36(28)44-37(29)24-27;1-25-11-10-12-26(23-25)42-34-18-7-4-16-31(34)38-39-32-17-5-8-19-35(32)43(41(39)30-15-3-2-14-29(30)40(38)42)27-21-22-37-33(24-27)28-13-6-9-20-36(28)44-37/h3*2-24H,1H3. The Morgan fingerprint density at radius 2 is 0.394 bits per heavy atom. The quantitative estimate of drug-likeness (QED) is 0.167. The summed E-state index contributed by atoms with van der Waals surface area (Å²) in [5.41, 5.74) is 30.6. The van der Waals surface area contributed by atoms with Gasteiger partial charge in [-0.05, 0) is 165 Å². The molecule has 0 aliphatic heterocycles. The van der Waals surface area contributed by atoms with Gasteiger partial charge >= 0.3 is 0 Å². The molecule has 9 heteroatoms. The third kappa shape index (κ3) is 10.5. The largest absolute Gasteiger partial charge is 0.456 e. The maximum Gasteiger partial charge on any atom is 0.159 e. The van der Waals surface area contributed by atoms with Crippen LogP contribution >= 0.6 is 0 Å². The summed E-state index contributed by atoms with van der Waals surface area (Å²) in [5, 5.41) is 29.4. The molecule has 30 rings (SSSR count). The van der Waals surface area contributed by atoms with Crippen molar-refractivity contribution in [2.24, 2.45) is 0 Å². The van der Waals surface area contributed by atoms with E-state index < -0.39 is 0 Å². The topological polar surface area (TPSA) is 69.0 Å². The lowest BCUT2D eigenvalue weighted by atomic mass is 9.99. The van der Waals surface area contributed by atoms with Gasteiger partial charge in [0, 0.05) is 164 Å². The van der Waals surface area contributed by atoms with Gasteiger partial charge in [-0.2, -0.15) is 0 Å². The number of aromatic nitrogens is 6. The maximum atomic E-state index is 6.62. The lowest BCUT2D eigenvalue weighted by Gasteiger charge is -2.14. The molecule has 0 atom stereocenters. The Hall–Kier alpha value is -17.4. The first kappa shape index (κ1) is 73.8. The predicted octanol–water partition coefficient (Wildman–Crippen LogP) is 33.7. The monoisotopic (exact) mass is 1690 g/mol. The van der Waals surface area contributed by atoms with Crippen LogP contribution in [0.2, 0.25) is 0 Å². The van der Waals surface area contributed by atoms with Crippen molar-refractivity contribution in [3.8, 4) is 34.1 Å². The van der Waals surface area contributed by atoms with Gasteiger partial charge in [-0.3, -0.25) is 0 Å². The fourth-order valence-corrected chi connectivity index (χ4v) is 22.7. The molecule has 9 nitrogen and oxygen atoms in total. The van der Waals surface area contributed by atoms with Crippen molar-refractivity contribution in [3.63, 3.8) is 0 Å². The third-order valence-electron chi connectivity index (χ3n) is 28.0. The van der Waals surface area contributed by atoms with Crippen LogP contribution in [0, 0.1) is 20.8 Å². The number of rotatable bonds is 6. The highest BCUT2D eigenvalue weighted by Crippen LogP contribution is 2.53. The highest BCUT2D eigenvalue weighted by Gasteiger charge is 2.31. The number of para-hydroxylation sites is 10. The summed E-state index contributed by atoms with van der Waals surface area (Å²) >= 11 is 0. The maximum absolute atomic E-state index is 6.62. The zero-order valence-electron chi connectivity index (χ0n) is 72.2. The number of benzene rings is 21. The van der Waals surface area contributed by atoms with Gasteiger partial charge in [0.1, 0.15) is 27.9 Å². The first-order valence-electron chi connectivity index (χ1n) is 45.4. The van der Waals surface area contributed by atoms with Crippen molar-refractivity contribution in [2.75, 3.05) is 0 Å². The summed E-state index contributed by atoms with van der Waals surface area (Å²) in [4.78, 5) is 0. The molecule has 0 saturated carbocycles. The van der Waals surface area contributed by atoms with E-state index in [1.807, 2.05) is 30.3 Å². The smallest absolute Gasteiger partial charge is 0.159 e.